The van der Waals surface area contributed by atoms with E-state index in [2.05, 4.69) is 16.0 Å². The van der Waals surface area contributed by atoms with E-state index in [4.69, 9.17) is 4.74 Å². The number of hydrogen-bond donors (Lipinski definition) is 2. The summed E-state index contributed by atoms with van der Waals surface area (Å²) in [5.74, 6) is 0. The second-order valence-electron chi connectivity index (χ2n) is 5.70. The molecular weight excluding hydrogens is 244 g/mol. The molecule has 0 radical (unpaired) electrons. The Morgan fingerprint density at radius 2 is 1.95 bits per heavy atom. The van der Waals surface area contributed by atoms with Gasteiger partial charge in [-0.05, 0) is 41.5 Å². The van der Waals surface area contributed by atoms with Crippen LogP contribution in [0, 0.1) is 13.8 Å². The maximum Gasteiger partial charge on any atom is 0.422 e. The lowest BCUT2D eigenvalue weighted by atomic mass is 10.1. The van der Waals surface area contributed by atoms with Gasteiger partial charge < -0.3 is 4.74 Å². The second kappa shape index (κ2) is 5.61. The monoisotopic (exact) mass is 268 g/mol. The molecule has 1 amide bonds. The van der Waals surface area contributed by atoms with E-state index in [0.717, 1.165) is 17.0 Å². The van der Waals surface area contributed by atoms with Crippen molar-refractivity contribution in [2.24, 2.45) is 7.05 Å². The first-order valence-electron chi connectivity index (χ1n) is 6.36. The zero-order valence-corrected chi connectivity index (χ0v) is 12.8. The van der Waals surface area contributed by atoms with Crippen molar-refractivity contribution in [3.63, 3.8) is 0 Å². The Labute approximate surface area is 114 Å². The van der Waals surface area contributed by atoms with Crippen LogP contribution in [0.15, 0.2) is 0 Å². The van der Waals surface area contributed by atoms with Crippen LogP contribution in [0.25, 0.3) is 0 Å². The zero-order chi connectivity index (χ0) is 14.8. The van der Waals surface area contributed by atoms with E-state index in [9.17, 15) is 4.79 Å². The lowest BCUT2D eigenvalue weighted by Crippen LogP contribution is -2.42. The van der Waals surface area contributed by atoms with E-state index in [1.54, 1.807) is 0 Å². The highest BCUT2D eigenvalue weighted by Crippen LogP contribution is 2.19. The number of nitrogens with one attached hydrogen (secondary N) is 2. The van der Waals surface area contributed by atoms with Crippen LogP contribution in [-0.2, 0) is 11.8 Å². The molecule has 0 bridgehead atoms. The first-order chi connectivity index (χ1) is 8.61. The molecule has 0 spiro atoms. The van der Waals surface area contributed by atoms with Crippen molar-refractivity contribution in [3.8, 4) is 0 Å². The highest BCUT2D eigenvalue weighted by molar-refractivity contribution is 5.67. The molecule has 19 heavy (non-hydrogen) atoms. The fraction of sp³-hybridized carbons (Fsp3) is 0.692. The Morgan fingerprint density at radius 1 is 1.37 bits per heavy atom. The van der Waals surface area contributed by atoms with Gasteiger partial charge in [-0.25, -0.2) is 10.2 Å². The highest BCUT2D eigenvalue weighted by atomic mass is 16.6. The molecule has 0 aliphatic rings. The summed E-state index contributed by atoms with van der Waals surface area (Å²) in [5.41, 5.74) is 8.09. The molecule has 6 heteroatoms. The largest absolute Gasteiger partial charge is 0.443 e. The molecule has 0 aromatic carbocycles. The quantitative estimate of drug-likeness (QED) is 0.824. The lowest BCUT2D eigenvalue weighted by molar-refractivity contribution is 0.0489. The van der Waals surface area contributed by atoms with Crippen LogP contribution in [0.4, 0.5) is 4.79 Å². The van der Waals surface area contributed by atoms with E-state index >= 15 is 0 Å². The van der Waals surface area contributed by atoms with E-state index in [-0.39, 0.29) is 6.04 Å². The molecule has 6 nitrogen and oxygen atoms in total. The minimum atomic E-state index is -0.505. The number of carbonyl (C=O) groups excluding carboxylic acids is 1. The van der Waals surface area contributed by atoms with Crippen molar-refractivity contribution in [1.82, 2.24) is 20.6 Å². The summed E-state index contributed by atoms with van der Waals surface area (Å²) in [7, 11) is 1.90. The number of aryl methyl sites for hydroxylation is 2. The smallest absolute Gasteiger partial charge is 0.422 e. The summed E-state index contributed by atoms with van der Waals surface area (Å²) in [6.45, 7) is 11.4. The molecule has 108 valence electrons. The third kappa shape index (κ3) is 4.24. The minimum Gasteiger partial charge on any atom is -0.443 e. The molecule has 0 aliphatic heterocycles. The summed E-state index contributed by atoms with van der Waals surface area (Å²) >= 11 is 0. The summed E-state index contributed by atoms with van der Waals surface area (Å²) < 4.78 is 6.99. The predicted molar refractivity (Wildman–Crippen MR) is 73.6 cm³/mol. The van der Waals surface area contributed by atoms with Crippen LogP contribution < -0.4 is 10.9 Å². The minimum absolute atomic E-state index is 0.0405. The Hall–Kier alpha value is -1.56. The number of nitrogens with zero attached hydrogens (tertiary/aromatic N) is 2. The Morgan fingerprint density at radius 3 is 2.37 bits per heavy atom. The fourth-order valence-corrected chi connectivity index (χ4v) is 1.96. The maximum absolute atomic E-state index is 11.6. The normalized spacial score (nSPS) is 13.2. The summed E-state index contributed by atoms with van der Waals surface area (Å²) in [5, 5.41) is 4.35. The van der Waals surface area contributed by atoms with Crippen molar-refractivity contribution in [2.45, 2.75) is 53.2 Å². The van der Waals surface area contributed by atoms with Crippen LogP contribution in [0.1, 0.15) is 50.7 Å². The van der Waals surface area contributed by atoms with Crippen molar-refractivity contribution < 1.29 is 9.53 Å². The third-order valence-electron chi connectivity index (χ3n) is 2.79. The van der Waals surface area contributed by atoms with Gasteiger partial charge in [0.2, 0.25) is 0 Å². The Bertz CT molecular complexity index is 460. The van der Waals surface area contributed by atoms with Gasteiger partial charge in [0.1, 0.15) is 5.60 Å². The Balaban J connectivity index is 2.61. The summed E-state index contributed by atoms with van der Waals surface area (Å²) in [6.07, 6.45) is -0.487. The highest BCUT2D eigenvalue weighted by Gasteiger charge is 2.19. The number of carbonyl (C=O) groups is 1. The van der Waals surface area contributed by atoms with Crippen LogP contribution in [-0.4, -0.2) is 21.5 Å². The first kappa shape index (κ1) is 15.5. The molecule has 2 N–H and O–H groups in total. The van der Waals surface area contributed by atoms with Gasteiger partial charge in [-0.2, -0.15) is 5.10 Å². The van der Waals surface area contributed by atoms with Gasteiger partial charge in [0, 0.05) is 18.3 Å². The van der Waals surface area contributed by atoms with E-state index in [1.807, 2.05) is 53.3 Å². The standard InChI is InChI=1S/C13H24N4O2/c1-8(11-9(2)16-17(7)10(11)3)14-15-12(18)19-13(4,5)6/h8,14H,1-7H3,(H,15,18). The van der Waals surface area contributed by atoms with Crippen molar-refractivity contribution in [2.75, 3.05) is 0 Å². The second-order valence-corrected chi connectivity index (χ2v) is 5.70. The van der Waals surface area contributed by atoms with Crippen LogP contribution in [0.2, 0.25) is 0 Å². The molecule has 1 aromatic rings. The number of rotatable bonds is 3. The molecule has 1 unspecified atom stereocenters. The topological polar surface area (TPSA) is 68.2 Å². The van der Waals surface area contributed by atoms with Gasteiger partial charge in [-0.3, -0.25) is 10.1 Å². The molecule has 1 heterocycles. The van der Waals surface area contributed by atoms with Gasteiger partial charge in [0.25, 0.3) is 0 Å². The SMILES string of the molecule is Cc1nn(C)c(C)c1C(C)NNC(=O)OC(C)(C)C. The predicted octanol–water partition coefficient (Wildman–Crippen LogP) is 2.13. The van der Waals surface area contributed by atoms with Crippen LogP contribution in [0.5, 0.6) is 0 Å². The zero-order valence-electron chi connectivity index (χ0n) is 12.8. The number of amides is 1. The number of ether oxygens (including phenoxy) is 1. The number of aromatic nitrogens is 2. The Kier molecular flexibility index (Phi) is 4.57. The molecular formula is C13H24N4O2. The maximum atomic E-state index is 11.6. The van der Waals surface area contributed by atoms with Gasteiger partial charge in [0.05, 0.1) is 11.7 Å². The van der Waals surface area contributed by atoms with Gasteiger partial charge in [0.15, 0.2) is 0 Å². The van der Waals surface area contributed by atoms with Gasteiger partial charge in [-0.15, -0.1) is 0 Å². The first-order valence-corrected chi connectivity index (χ1v) is 6.36. The number of hydrogen-bond acceptors (Lipinski definition) is 4. The molecule has 0 saturated carbocycles. The van der Waals surface area contributed by atoms with Crippen molar-refractivity contribution in [1.29, 1.82) is 0 Å². The number of hydrazine groups is 1. The van der Waals surface area contributed by atoms with Crippen molar-refractivity contribution >= 4 is 6.09 Å². The summed E-state index contributed by atoms with van der Waals surface area (Å²) in [4.78, 5) is 11.6. The molecule has 0 saturated heterocycles. The third-order valence-corrected chi connectivity index (χ3v) is 2.79. The average molecular weight is 268 g/mol. The molecule has 1 rings (SSSR count). The summed E-state index contributed by atoms with van der Waals surface area (Å²) in [6, 6.07) is -0.0405. The molecule has 0 aliphatic carbocycles. The van der Waals surface area contributed by atoms with E-state index < -0.39 is 11.7 Å². The van der Waals surface area contributed by atoms with Crippen LogP contribution in [0.3, 0.4) is 0 Å². The van der Waals surface area contributed by atoms with E-state index in [0.29, 0.717) is 0 Å². The van der Waals surface area contributed by atoms with E-state index in [1.165, 1.54) is 0 Å². The molecule has 1 atom stereocenters. The lowest BCUT2D eigenvalue weighted by Gasteiger charge is -2.21. The fourth-order valence-electron chi connectivity index (χ4n) is 1.96. The van der Waals surface area contributed by atoms with Crippen molar-refractivity contribution in [3.05, 3.63) is 17.0 Å². The van der Waals surface area contributed by atoms with Crippen LogP contribution >= 0.6 is 0 Å². The molecule has 0 fully saturated rings. The van der Waals surface area contributed by atoms with Gasteiger partial charge >= 0.3 is 6.09 Å². The average Bonchev–Trinajstić information content (AvgIpc) is 2.47. The van der Waals surface area contributed by atoms with Gasteiger partial charge in [-0.1, -0.05) is 0 Å². The molecule has 1 aromatic heterocycles.